The van der Waals surface area contributed by atoms with Gasteiger partial charge in [0.1, 0.15) is 29.8 Å². The molecule has 0 aliphatic carbocycles. The maximum absolute atomic E-state index is 14.1. The summed E-state index contributed by atoms with van der Waals surface area (Å²) in [5.41, 5.74) is 0.927. The number of aromatic nitrogens is 3. The number of hydrogen-bond acceptors (Lipinski definition) is 5. The highest BCUT2D eigenvalue weighted by Crippen LogP contribution is 2.30. The van der Waals surface area contributed by atoms with E-state index in [2.05, 4.69) is 15.3 Å². The summed E-state index contributed by atoms with van der Waals surface area (Å²) >= 11 is 0. The molecule has 3 aromatic rings. The van der Waals surface area contributed by atoms with E-state index < -0.39 is 17.2 Å². The van der Waals surface area contributed by atoms with Crippen LogP contribution in [0.25, 0.3) is 11.4 Å². The molecular weight excluding hydrogens is 428 g/mol. The summed E-state index contributed by atoms with van der Waals surface area (Å²) < 4.78 is 34.1. The number of nitrogens with zero attached hydrogens (tertiary/aromatic N) is 4. The molecule has 5 rings (SSSR count). The zero-order chi connectivity index (χ0) is 23.0. The minimum Gasteiger partial charge on any atom is -0.497 e. The number of ether oxygens (including phenoxy) is 1. The molecule has 7 nitrogen and oxygen atoms in total. The average Bonchev–Trinajstić information content (AvgIpc) is 3.13. The van der Waals surface area contributed by atoms with Crippen LogP contribution in [0.15, 0.2) is 42.5 Å². The Hall–Kier alpha value is -3.33. The molecule has 2 aliphatic rings. The second-order valence-corrected chi connectivity index (χ2v) is 8.75. The summed E-state index contributed by atoms with van der Waals surface area (Å²) in [5, 5.41) is 7.77. The maximum atomic E-state index is 14.1. The van der Waals surface area contributed by atoms with Crippen molar-refractivity contribution in [2.75, 3.05) is 20.2 Å². The lowest BCUT2D eigenvalue weighted by Gasteiger charge is -2.41. The minimum atomic E-state index is -0.576. The number of carbonyl (C=O) groups excluding carboxylic acids is 1. The highest BCUT2D eigenvalue weighted by molar-refractivity contribution is 5.77. The molecule has 1 saturated heterocycles. The monoisotopic (exact) mass is 453 g/mol. The maximum Gasteiger partial charge on any atom is 0.242 e. The Morgan fingerprint density at radius 3 is 2.58 bits per heavy atom. The highest BCUT2D eigenvalue weighted by Gasteiger charge is 2.40. The number of halogens is 2. The first-order chi connectivity index (χ1) is 15.9. The Kier molecular flexibility index (Phi) is 5.57. The number of amides is 1. The molecule has 3 heterocycles. The average molecular weight is 453 g/mol. The number of methoxy groups -OCH3 is 1. The second-order valence-electron chi connectivity index (χ2n) is 8.75. The SMILES string of the molecule is COc1ccc(-c2nc3n(n2)CC(=O)NC2(CCN(Cc4ccc(F)cc4F)CC2)C3)cc1. The number of likely N-dealkylation sites (tertiary alicyclic amines) is 1. The number of nitrogens with one attached hydrogen (secondary N) is 1. The molecule has 2 aromatic carbocycles. The first kappa shape index (κ1) is 21.5. The normalized spacial score (nSPS) is 18.0. The molecule has 1 fully saturated rings. The van der Waals surface area contributed by atoms with Gasteiger partial charge in [0.15, 0.2) is 5.82 Å². The van der Waals surface area contributed by atoms with Gasteiger partial charge >= 0.3 is 0 Å². The Morgan fingerprint density at radius 1 is 1.12 bits per heavy atom. The lowest BCUT2D eigenvalue weighted by atomic mass is 9.84. The quantitative estimate of drug-likeness (QED) is 0.658. The van der Waals surface area contributed by atoms with Gasteiger partial charge in [0, 0.05) is 48.8 Å². The zero-order valence-electron chi connectivity index (χ0n) is 18.4. The first-order valence-electron chi connectivity index (χ1n) is 11.0. The Morgan fingerprint density at radius 2 is 1.88 bits per heavy atom. The Balaban J connectivity index is 1.31. The fourth-order valence-corrected chi connectivity index (χ4v) is 4.64. The summed E-state index contributed by atoms with van der Waals surface area (Å²) in [7, 11) is 1.62. The fraction of sp³-hybridized carbons (Fsp3) is 0.375. The van der Waals surface area contributed by atoms with Crippen molar-refractivity contribution in [2.45, 2.75) is 37.9 Å². The number of piperidine rings is 1. The van der Waals surface area contributed by atoms with E-state index in [1.165, 1.54) is 12.1 Å². The van der Waals surface area contributed by atoms with Gasteiger partial charge in [-0.25, -0.2) is 18.4 Å². The van der Waals surface area contributed by atoms with Crippen molar-refractivity contribution in [2.24, 2.45) is 0 Å². The van der Waals surface area contributed by atoms with Crippen LogP contribution in [0, 0.1) is 11.6 Å². The molecule has 2 aliphatic heterocycles. The molecule has 1 amide bonds. The van der Waals surface area contributed by atoms with Gasteiger partial charge in [0.05, 0.1) is 7.11 Å². The molecule has 0 saturated carbocycles. The van der Waals surface area contributed by atoms with E-state index in [9.17, 15) is 13.6 Å². The number of carbonyl (C=O) groups is 1. The van der Waals surface area contributed by atoms with Crippen LogP contribution in [-0.4, -0.2) is 51.3 Å². The summed E-state index contributed by atoms with van der Waals surface area (Å²) in [5.74, 6) is 0.923. The summed E-state index contributed by atoms with van der Waals surface area (Å²) in [6.07, 6.45) is 2.01. The van der Waals surface area contributed by atoms with Crippen LogP contribution in [0.2, 0.25) is 0 Å². The lowest BCUT2D eigenvalue weighted by molar-refractivity contribution is -0.123. The van der Waals surface area contributed by atoms with Crippen LogP contribution in [0.4, 0.5) is 8.78 Å². The van der Waals surface area contributed by atoms with E-state index in [1.807, 2.05) is 24.3 Å². The van der Waals surface area contributed by atoms with Crippen LogP contribution in [0.3, 0.4) is 0 Å². The third-order valence-corrected chi connectivity index (χ3v) is 6.51. The number of rotatable bonds is 4. The van der Waals surface area contributed by atoms with Crippen molar-refractivity contribution in [1.29, 1.82) is 0 Å². The third kappa shape index (κ3) is 4.45. The van der Waals surface area contributed by atoms with Crippen molar-refractivity contribution < 1.29 is 18.3 Å². The lowest BCUT2D eigenvalue weighted by Crippen LogP contribution is -2.56. The van der Waals surface area contributed by atoms with Gasteiger partial charge < -0.3 is 10.1 Å². The van der Waals surface area contributed by atoms with E-state index in [4.69, 9.17) is 9.72 Å². The van der Waals surface area contributed by atoms with Gasteiger partial charge in [-0.1, -0.05) is 6.07 Å². The molecule has 172 valence electrons. The van der Waals surface area contributed by atoms with E-state index >= 15 is 0 Å². The van der Waals surface area contributed by atoms with Gasteiger partial charge in [-0.3, -0.25) is 9.69 Å². The Bertz CT molecular complexity index is 1170. The predicted molar refractivity (Wildman–Crippen MR) is 117 cm³/mol. The molecule has 0 radical (unpaired) electrons. The van der Waals surface area contributed by atoms with Crippen LogP contribution in [-0.2, 0) is 24.3 Å². The molecule has 0 unspecified atom stereocenters. The first-order valence-corrected chi connectivity index (χ1v) is 11.0. The number of benzene rings is 2. The highest BCUT2D eigenvalue weighted by atomic mass is 19.1. The molecule has 0 atom stereocenters. The summed E-state index contributed by atoms with van der Waals surface area (Å²) in [4.78, 5) is 19.6. The third-order valence-electron chi connectivity index (χ3n) is 6.51. The van der Waals surface area contributed by atoms with Crippen molar-refractivity contribution in [3.05, 3.63) is 65.5 Å². The van der Waals surface area contributed by atoms with E-state index in [-0.39, 0.29) is 12.5 Å². The van der Waals surface area contributed by atoms with Crippen molar-refractivity contribution >= 4 is 5.91 Å². The molecule has 33 heavy (non-hydrogen) atoms. The van der Waals surface area contributed by atoms with Crippen molar-refractivity contribution in [1.82, 2.24) is 25.0 Å². The summed E-state index contributed by atoms with van der Waals surface area (Å²) in [6.45, 7) is 1.92. The van der Waals surface area contributed by atoms with Gasteiger partial charge in [-0.05, 0) is 43.2 Å². The standard InChI is InChI=1S/C24H25F2N5O2/c1-33-19-6-3-16(4-7-19)23-27-21-13-24(28-22(32)15-31(21)29-23)8-10-30(11-9-24)14-17-2-5-18(25)12-20(17)26/h2-7,12H,8-11,13-15H2,1H3,(H,28,32). The molecular formula is C24H25F2N5O2. The predicted octanol–water partition coefficient (Wildman–Crippen LogP) is 2.94. The van der Waals surface area contributed by atoms with Crippen LogP contribution in [0.1, 0.15) is 24.2 Å². The van der Waals surface area contributed by atoms with E-state index in [1.54, 1.807) is 11.8 Å². The molecule has 1 aromatic heterocycles. The van der Waals surface area contributed by atoms with Gasteiger partial charge in [0.2, 0.25) is 5.91 Å². The molecule has 1 spiro atoms. The second kappa shape index (κ2) is 8.55. The van der Waals surface area contributed by atoms with Gasteiger partial charge in [-0.2, -0.15) is 5.10 Å². The number of hydrogen-bond donors (Lipinski definition) is 1. The fourth-order valence-electron chi connectivity index (χ4n) is 4.64. The number of fused-ring (bicyclic) bond motifs is 1. The van der Waals surface area contributed by atoms with Crippen molar-refractivity contribution in [3.63, 3.8) is 0 Å². The van der Waals surface area contributed by atoms with Gasteiger partial charge in [-0.15, -0.1) is 0 Å². The topological polar surface area (TPSA) is 72.3 Å². The largest absolute Gasteiger partial charge is 0.497 e. The van der Waals surface area contributed by atoms with Crippen LogP contribution in [0.5, 0.6) is 5.75 Å². The zero-order valence-corrected chi connectivity index (χ0v) is 18.4. The minimum absolute atomic E-state index is 0.0852. The Labute approximate surface area is 190 Å². The van der Waals surface area contributed by atoms with E-state index in [0.717, 1.165) is 23.2 Å². The van der Waals surface area contributed by atoms with Crippen LogP contribution < -0.4 is 10.1 Å². The van der Waals surface area contributed by atoms with E-state index in [0.29, 0.717) is 50.3 Å². The molecule has 1 N–H and O–H groups in total. The summed E-state index contributed by atoms with van der Waals surface area (Å²) in [6, 6.07) is 11.2. The van der Waals surface area contributed by atoms with Crippen LogP contribution >= 0.6 is 0 Å². The molecule has 0 bridgehead atoms. The smallest absolute Gasteiger partial charge is 0.242 e. The van der Waals surface area contributed by atoms with Crippen molar-refractivity contribution in [3.8, 4) is 17.1 Å². The van der Waals surface area contributed by atoms with Gasteiger partial charge in [0.25, 0.3) is 0 Å². The molecule has 9 heteroatoms.